The number of hydrogen-bond donors (Lipinski definition) is 1. The number of nitrogens with one attached hydrogen (secondary N) is 1. The highest BCUT2D eigenvalue weighted by molar-refractivity contribution is 6.31. The predicted molar refractivity (Wildman–Crippen MR) is 80.9 cm³/mol. The van der Waals surface area contributed by atoms with Gasteiger partial charge in [-0.1, -0.05) is 43.9 Å². The molecule has 1 saturated carbocycles. The molecular weight excluding hydrogens is 258 g/mol. The van der Waals surface area contributed by atoms with Gasteiger partial charge in [0.15, 0.2) is 0 Å². The maximum Gasteiger partial charge on any atom is 0.124 e. The average Bonchev–Trinajstić information content (AvgIpc) is 2.46. The van der Waals surface area contributed by atoms with Crippen molar-refractivity contribution >= 4 is 11.6 Å². The van der Waals surface area contributed by atoms with Gasteiger partial charge < -0.3 is 10.1 Å². The first-order valence-corrected chi connectivity index (χ1v) is 7.67. The Labute approximate surface area is 121 Å². The number of hydrogen-bond acceptors (Lipinski definition) is 2. The molecule has 1 fully saturated rings. The Bertz CT molecular complexity index is 408. The van der Waals surface area contributed by atoms with Crippen molar-refractivity contribution in [2.75, 3.05) is 7.11 Å². The summed E-state index contributed by atoms with van der Waals surface area (Å²) >= 11 is 6.26. The van der Waals surface area contributed by atoms with Crippen molar-refractivity contribution in [3.05, 3.63) is 28.8 Å². The molecule has 0 heterocycles. The third-order valence-electron chi connectivity index (χ3n) is 4.22. The number of ether oxygens (including phenoxy) is 1. The summed E-state index contributed by atoms with van der Waals surface area (Å²) in [5.74, 6) is 1.77. The molecule has 0 radical (unpaired) electrons. The molecule has 2 unspecified atom stereocenters. The van der Waals surface area contributed by atoms with Crippen LogP contribution in [0.4, 0.5) is 0 Å². The van der Waals surface area contributed by atoms with Gasteiger partial charge in [-0.15, -0.1) is 0 Å². The third-order valence-corrected chi connectivity index (χ3v) is 4.58. The number of rotatable bonds is 5. The van der Waals surface area contributed by atoms with Crippen molar-refractivity contribution in [1.29, 1.82) is 0 Å². The lowest BCUT2D eigenvalue weighted by Gasteiger charge is -2.29. The van der Waals surface area contributed by atoms with Gasteiger partial charge in [-0.2, -0.15) is 0 Å². The third kappa shape index (κ3) is 3.87. The maximum absolute atomic E-state index is 6.26. The molecule has 0 bridgehead atoms. The SMILES string of the molecule is CCC1CCCC(NCc2c(Cl)cccc2OC)C1. The normalized spacial score (nSPS) is 23.3. The summed E-state index contributed by atoms with van der Waals surface area (Å²) in [5.41, 5.74) is 1.07. The van der Waals surface area contributed by atoms with Crippen LogP contribution in [0.3, 0.4) is 0 Å². The molecule has 1 aliphatic carbocycles. The van der Waals surface area contributed by atoms with Crippen LogP contribution in [0.2, 0.25) is 5.02 Å². The fraction of sp³-hybridized carbons (Fsp3) is 0.625. The lowest BCUT2D eigenvalue weighted by Crippen LogP contribution is -2.33. The van der Waals surface area contributed by atoms with Crippen LogP contribution >= 0.6 is 11.6 Å². The zero-order valence-corrected chi connectivity index (χ0v) is 12.7. The van der Waals surface area contributed by atoms with Gasteiger partial charge in [-0.25, -0.2) is 0 Å². The zero-order valence-electron chi connectivity index (χ0n) is 11.9. The Balaban J connectivity index is 1.95. The molecule has 1 aliphatic rings. The van der Waals surface area contributed by atoms with Crippen LogP contribution < -0.4 is 10.1 Å². The molecule has 0 aliphatic heterocycles. The van der Waals surface area contributed by atoms with Crippen LogP contribution in [0.25, 0.3) is 0 Å². The number of halogens is 1. The average molecular weight is 282 g/mol. The second-order valence-electron chi connectivity index (χ2n) is 5.44. The van der Waals surface area contributed by atoms with Crippen LogP contribution in [-0.2, 0) is 6.54 Å². The molecule has 3 heteroatoms. The van der Waals surface area contributed by atoms with Gasteiger partial charge >= 0.3 is 0 Å². The minimum atomic E-state index is 0.625. The molecule has 106 valence electrons. The van der Waals surface area contributed by atoms with Crippen LogP contribution in [-0.4, -0.2) is 13.2 Å². The highest BCUT2D eigenvalue weighted by Gasteiger charge is 2.20. The van der Waals surface area contributed by atoms with Crippen molar-refractivity contribution in [2.24, 2.45) is 5.92 Å². The van der Waals surface area contributed by atoms with Gasteiger partial charge in [0, 0.05) is 23.2 Å². The Morgan fingerprint density at radius 3 is 2.95 bits per heavy atom. The Morgan fingerprint density at radius 2 is 2.21 bits per heavy atom. The molecule has 1 aromatic rings. The van der Waals surface area contributed by atoms with Crippen LogP contribution in [0.15, 0.2) is 18.2 Å². The summed E-state index contributed by atoms with van der Waals surface area (Å²) in [6.07, 6.45) is 6.61. The fourth-order valence-electron chi connectivity index (χ4n) is 3.00. The molecular formula is C16H24ClNO. The molecule has 0 spiro atoms. The molecule has 2 nitrogen and oxygen atoms in total. The van der Waals surface area contributed by atoms with Crippen LogP contribution in [0, 0.1) is 5.92 Å². The minimum absolute atomic E-state index is 0.625. The maximum atomic E-state index is 6.26. The summed E-state index contributed by atoms with van der Waals surface area (Å²) in [7, 11) is 1.70. The zero-order chi connectivity index (χ0) is 13.7. The monoisotopic (exact) mass is 281 g/mol. The van der Waals surface area contributed by atoms with E-state index in [0.717, 1.165) is 28.8 Å². The summed E-state index contributed by atoms with van der Waals surface area (Å²) in [5, 5.41) is 4.44. The Morgan fingerprint density at radius 1 is 1.37 bits per heavy atom. The molecule has 0 amide bonds. The van der Waals surface area contributed by atoms with E-state index < -0.39 is 0 Å². The first-order chi connectivity index (χ1) is 9.24. The summed E-state index contributed by atoms with van der Waals surface area (Å²) < 4.78 is 5.38. The first-order valence-electron chi connectivity index (χ1n) is 7.29. The largest absolute Gasteiger partial charge is 0.496 e. The second-order valence-corrected chi connectivity index (χ2v) is 5.85. The van der Waals surface area contributed by atoms with E-state index in [0.29, 0.717) is 6.04 Å². The van der Waals surface area contributed by atoms with Crippen molar-refractivity contribution in [1.82, 2.24) is 5.32 Å². The van der Waals surface area contributed by atoms with Crippen molar-refractivity contribution in [3.8, 4) is 5.75 Å². The quantitative estimate of drug-likeness (QED) is 0.863. The fourth-order valence-corrected chi connectivity index (χ4v) is 3.23. The highest BCUT2D eigenvalue weighted by atomic mass is 35.5. The highest BCUT2D eigenvalue weighted by Crippen LogP contribution is 2.29. The van der Waals surface area contributed by atoms with E-state index in [1.54, 1.807) is 7.11 Å². The Kier molecular flexibility index (Phi) is 5.53. The van der Waals surface area contributed by atoms with Crippen LogP contribution in [0.1, 0.15) is 44.6 Å². The second kappa shape index (κ2) is 7.16. The summed E-state index contributed by atoms with van der Waals surface area (Å²) in [6, 6.07) is 6.45. The smallest absolute Gasteiger partial charge is 0.124 e. The van der Waals surface area contributed by atoms with Gasteiger partial charge in [0.1, 0.15) is 5.75 Å². The van der Waals surface area contributed by atoms with E-state index in [-0.39, 0.29) is 0 Å². The van der Waals surface area contributed by atoms with Gasteiger partial charge in [0.05, 0.1) is 7.11 Å². The van der Waals surface area contributed by atoms with Crippen molar-refractivity contribution < 1.29 is 4.74 Å². The lowest BCUT2D eigenvalue weighted by molar-refractivity contribution is 0.277. The van der Waals surface area contributed by atoms with Gasteiger partial charge in [0.2, 0.25) is 0 Å². The first kappa shape index (κ1) is 14.7. The molecule has 2 rings (SSSR count). The van der Waals surface area contributed by atoms with E-state index in [2.05, 4.69) is 12.2 Å². The van der Waals surface area contributed by atoms with E-state index in [1.165, 1.54) is 32.1 Å². The standard InChI is InChI=1S/C16H24ClNO/c1-3-12-6-4-7-13(10-12)18-11-14-15(17)8-5-9-16(14)19-2/h5,8-9,12-13,18H,3-4,6-7,10-11H2,1-2H3. The molecule has 1 aromatic carbocycles. The summed E-state index contributed by atoms with van der Waals surface area (Å²) in [6.45, 7) is 3.09. The lowest BCUT2D eigenvalue weighted by atomic mass is 9.84. The van der Waals surface area contributed by atoms with Gasteiger partial charge in [-0.3, -0.25) is 0 Å². The van der Waals surface area contributed by atoms with Crippen molar-refractivity contribution in [3.63, 3.8) is 0 Å². The minimum Gasteiger partial charge on any atom is -0.496 e. The number of methoxy groups -OCH3 is 1. The Hall–Kier alpha value is -0.730. The van der Waals surface area contributed by atoms with E-state index in [4.69, 9.17) is 16.3 Å². The topological polar surface area (TPSA) is 21.3 Å². The van der Waals surface area contributed by atoms with Crippen molar-refractivity contribution in [2.45, 2.75) is 51.6 Å². The molecule has 0 aromatic heterocycles. The molecule has 19 heavy (non-hydrogen) atoms. The molecule has 2 atom stereocenters. The molecule has 1 N–H and O–H groups in total. The molecule has 0 saturated heterocycles. The van der Waals surface area contributed by atoms with E-state index in [9.17, 15) is 0 Å². The van der Waals surface area contributed by atoms with E-state index >= 15 is 0 Å². The number of benzene rings is 1. The summed E-state index contributed by atoms with van der Waals surface area (Å²) in [4.78, 5) is 0. The van der Waals surface area contributed by atoms with Gasteiger partial charge in [0.25, 0.3) is 0 Å². The van der Waals surface area contributed by atoms with Crippen LogP contribution in [0.5, 0.6) is 5.75 Å². The predicted octanol–water partition coefficient (Wildman–Crippen LogP) is 4.41. The van der Waals surface area contributed by atoms with Gasteiger partial charge in [-0.05, 0) is 30.9 Å². The van der Waals surface area contributed by atoms with E-state index in [1.807, 2.05) is 18.2 Å².